The van der Waals surface area contributed by atoms with Gasteiger partial charge < -0.3 is 10.1 Å². The number of rotatable bonds is 5. The predicted molar refractivity (Wildman–Crippen MR) is 85.3 cm³/mol. The van der Waals surface area contributed by atoms with Crippen LogP contribution in [0.4, 0.5) is 0 Å². The van der Waals surface area contributed by atoms with Crippen LogP contribution in [-0.2, 0) is 9.53 Å². The van der Waals surface area contributed by atoms with Gasteiger partial charge in [0.1, 0.15) is 0 Å². The van der Waals surface area contributed by atoms with Gasteiger partial charge >= 0.3 is 0 Å². The number of amides is 1. The molecule has 0 aromatic heterocycles. The lowest BCUT2D eigenvalue weighted by molar-refractivity contribution is -0.145. The Labute approximate surface area is 135 Å². The van der Waals surface area contributed by atoms with Crippen molar-refractivity contribution in [3.05, 3.63) is 0 Å². The molecule has 0 saturated heterocycles. The molecule has 118 valence electrons. The van der Waals surface area contributed by atoms with Crippen molar-refractivity contribution in [1.29, 1.82) is 0 Å². The van der Waals surface area contributed by atoms with Gasteiger partial charge in [0.05, 0.1) is 18.1 Å². The number of alkyl halides is 1. The second-order valence-electron chi connectivity index (χ2n) is 8.26. The summed E-state index contributed by atoms with van der Waals surface area (Å²) in [6.07, 6.45) is 9.69. The molecule has 4 heteroatoms. The highest BCUT2D eigenvalue weighted by Crippen LogP contribution is 2.64. The van der Waals surface area contributed by atoms with Crippen molar-refractivity contribution >= 4 is 21.8 Å². The van der Waals surface area contributed by atoms with Gasteiger partial charge in [0.2, 0.25) is 5.91 Å². The van der Waals surface area contributed by atoms with Crippen LogP contribution in [0.3, 0.4) is 0 Å². The lowest BCUT2D eigenvalue weighted by Gasteiger charge is -2.59. The van der Waals surface area contributed by atoms with Crippen LogP contribution < -0.4 is 5.32 Å². The quantitative estimate of drug-likeness (QED) is 0.768. The maximum Gasteiger partial charge on any atom is 0.226 e. The van der Waals surface area contributed by atoms with E-state index in [4.69, 9.17) is 4.74 Å². The third-order valence-corrected chi connectivity index (χ3v) is 7.25. The second kappa shape index (κ2) is 4.95. The van der Waals surface area contributed by atoms with Crippen molar-refractivity contribution in [2.24, 2.45) is 23.2 Å². The number of ether oxygens (including phenoxy) is 1. The molecule has 5 saturated carbocycles. The normalized spacial score (nSPS) is 45.6. The van der Waals surface area contributed by atoms with E-state index < -0.39 is 0 Å². The molecule has 5 fully saturated rings. The first kappa shape index (κ1) is 14.5. The Morgan fingerprint density at radius 3 is 2.48 bits per heavy atom. The van der Waals surface area contributed by atoms with Gasteiger partial charge in [0.25, 0.3) is 0 Å². The Hall–Kier alpha value is -0.0900. The van der Waals surface area contributed by atoms with E-state index in [2.05, 4.69) is 21.2 Å². The first-order chi connectivity index (χ1) is 10.0. The minimum absolute atomic E-state index is 0.0888. The van der Waals surface area contributed by atoms with E-state index in [1.165, 1.54) is 32.1 Å². The third-order valence-electron chi connectivity index (χ3n) is 6.33. The molecular weight excluding hydrogens is 330 g/mol. The molecule has 1 amide bonds. The van der Waals surface area contributed by atoms with Crippen molar-refractivity contribution in [1.82, 2.24) is 5.32 Å². The highest BCUT2D eigenvalue weighted by Gasteiger charge is 2.60. The summed E-state index contributed by atoms with van der Waals surface area (Å²) in [7, 11) is 1.74. The van der Waals surface area contributed by atoms with Gasteiger partial charge in [-0.25, -0.2) is 0 Å². The van der Waals surface area contributed by atoms with Crippen LogP contribution in [0.15, 0.2) is 0 Å². The molecule has 0 aromatic carbocycles. The molecule has 0 heterocycles. The first-order valence-corrected chi connectivity index (χ1v) is 9.30. The van der Waals surface area contributed by atoms with Crippen molar-refractivity contribution < 1.29 is 9.53 Å². The molecule has 1 N–H and O–H groups in total. The standard InChI is InChI=1S/C17H26BrNO2/c1-21-9-14(13-2-3-13)19-15(20)16-5-11-4-12(6-16)8-17(18,7-11)10-16/h11-14H,2-10H2,1H3,(H,19,20)/t11-,12-,14+,16?,17?/m1/s1. The van der Waals surface area contributed by atoms with E-state index in [9.17, 15) is 4.79 Å². The Bertz CT molecular complexity index is 434. The van der Waals surface area contributed by atoms with E-state index in [0.29, 0.717) is 18.4 Å². The number of methoxy groups -OCH3 is 1. The topological polar surface area (TPSA) is 38.3 Å². The Kier molecular flexibility index (Phi) is 3.42. The highest BCUT2D eigenvalue weighted by molar-refractivity contribution is 9.10. The minimum Gasteiger partial charge on any atom is -0.383 e. The van der Waals surface area contributed by atoms with E-state index in [1.807, 2.05) is 0 Å². The Morgan fingerprint density at radius 1 is 1.29 bits per heavy atom. The van der Waals surface area contributed by atoms with Crippen LogP contribution >= 0.6 is 15.9 Å². The van der Waals surface area contributed by atoms with Gasteiger partial charge in [-0.05, 0) is 69.1 Å². The first-order valence-electron chi connectivity index (χ1n) is 8.51. The summed E-state index contributed by atoms with van der Waals surface area (Å²) >= 11 is 3.99. The van der Waals surface area contributed by atoms with Crippen LogP contribution in [0, 0.1) is 23.2 Å². The largest absolute Gasteiger partial charge is 0.383 e. The molecule has 3 nitrogen and oxygen atoms in total. The van der Waals surface area contributed by atoms with Gasteiger partial charge in [-0.3, -0.25) is 4.79 Å². The van der Waals surface area contributed by atoms with Crippen LogP contribution in [0.25, 0.3) is 0 Å². The number of nitrogens with one attached hydrogen (secondary N) is 1. The average Bonchev–Trinajstić information content (AvgIpc) is 3.19. The maximum absolute atomic E-state index is 13.1. The Morgan fingerprint density at radius 2 is 1.95 bits per heavy atom. The molecule has 21 heavy (non-hydrogen) atoms. The molecule has 0 aliphatic heterocycles. The fourth-order valence-corrected chi connectivity index (χ4v) is 7.16. The van der Waals surface area contributed by atoms with Crippen LogP contribution in [-0.4, -0.2) is 30.0 Å². The molecule has 4 bridgehead atoms. The summed E-state index contributed by atoms with van der Waals surface area (Å²) in [5.74, 6) is 2.51. The van der Waals surface area contributed by atoms with E-state index in [0.717, 1.165) is 31.1 Å². The summed E-state index contributed by atoms with van der Waals surface area (Å²) in [4.78, 5) is 13.1. The maximum atomic E-state index is 13.1. The van der Waals surface area contributed by atoms with E-state index in [1.54, 1.807) is 7.11 Å². The SMILES string of the molecule is COC[C@H](NC(=O)C12C[C@H]3C[C@@H](CC(Br)(C3)C1)C2)C1CC1. The number of halogens is 1. The zero-order chi connectivity index (χ0) is 14.7. The van der Waals surface area contributed by atoms with Crippen molar-refractivity contribution in [2.75, 3.05) is 13.7 Å². The van der Waals surface area contributed by atoms with E-state index in [-0.39, 0.29) is 15.8 Å². The molecule has 0 radical (unpaired) electrons. The predicted octanol–water partition coefficient (Wildman–Crippen LogP) is 3.26. The molecular formula is C17H26BrNO2. The van der Waals surface area contributed by atoms with Crippen molar-refractivity contribution in [3.8, 4) is 0 Å². The van der Waals surface area contributed by atoms with Gasteiger partial charge in [-0.2, -0.15) is 0 Å². The Balaban J connectivity index is 1.50. The highest BCUT2D eigenvalue weighted by atomic mass is 79.9. The van der Waals surface area contributed by atoms with Crippen molar-refractivity contribution in [3.63, 3.8) is 0 Å². The molecule has 5 aliphatic carbocycles. The van der Waals surface area contributed by atoms with Crippen molar-refractivity contribution in [2.45, 2.75) is 61.7 Å². The zero-order valence-corrected chi connectivity index (χ0v) is 14.5. The molecule has 0 unspecified atom stereocenters. The fraction of sp³-hybridized carbons (Fsp3) is 0.941. The smallest absolute Gasteiger partial charge is 0.226 e. The van der Waals surface area contributed by atoms with Gasteiger partial charge in [0, 0.05) is 11.4 Å². The number of hydrogen-bond donors (Lipinski definition) is 1. The fourth-order valence-electron chi connectivity index (χ4n) is 5.71. The third kappa shape index (κ3) is 2.56. The van der Waals surface area contributed by atoms with Crippen LogP contribution in [0.1, 0.15) is 51.4 Å². The summed E-state index contributed by atoms with van der Waals surface area (Å²) in [6.45, 7) is 0.665. The van der Waals surface area contributed by atoms with Crippen LogP contribution in [0.2, 0.25) is 0 Å². The van der Waals surface area contributed by atoms with Gasteiger partial charge in [0.15, 0.2) is 0 Å². The summed E-state index contributed by atoms with van der Waals surface area (Å²) in [5, 5.41) is 3.37. The lowest BCUT2D eigenvalue weighted by atomic mass is 9.49. The number of carbonyl (C=O) groups is 1. The van der Waals surface area contributed by atoms with Crippen LogP contribution in [0.5, 0.6) is 0 Å². The molecule has 5 rings (SSSR count). The number of hydrogen-bond acceptors (Lipinski definition) is 2. The molecule has 3 atom stereocenters. The lowest BCUT2D eigenvalue weighted by Crippen LogP contribution is -2.59. The van der Waals surface area contributed by atoms with E-state index >= 15 is 0 Å². The van der Waals surface area contributed by atoms with Gasteiger partial charge in [-0.15, -0.1) is 0 Å². The zero-order valence-electron chi connectivity index (χ0n) is 12.9. The summed E-state index contributed by atoms with van der Waals surface area (Å²) in [6, 6.07) is 0.238. The second-order valence-corrected chi connectivity index (χ2v) is 9.95. The van der Waals surface area contributed by atoms with Gasteiger partial charge in [-0.1, -0.05) is 15.9 Å². The monoisotopic (exact) mass is 355 g/mol. The summed E-state index contributed by atoms with van der Waals surface area (Å²) < 4.78 is 5.58. The summed E-state index contributed by atoms with van der Waals surface area (Å²) in [5.41, 5.74) is -0.0888. The molecule has 0 spiro atoms. The number of carbonyl (C=O) groups excluding carboxylic acids is 1. The minimum atomic E-state index is -0.0888. The molecule has 0 aromatic rings. The molecule has 5 aliphatic rings. The average molecular weight is 356 g/mol.